The third-order valence-electron chi connectivity index (χ3n) is 27.1. The number of nitrogens with zero attached hydrogens (tertiary/aromatic N) is 8. The van der Waals surface area contributed by atoms with Crippen LogP contribution in [0.5, 0.6) is 34.5 Å². The summed E-state index contributed by atoms with van der Waals surface area (Å²) < 4.78 is 49.0. The van der Waals surface area contributed by atoms with Crippen molar-refractivity contribution in [2.75, 3.05) is 94.7 Å². The number of ketones is 1. The van der Waals surface area contributed by atoms with Gasteiger partial charge in [-0.15, -0.1) is 0 Å². The molecule has 6 atom stereocenters. The quantitative estimate of drug-likeness (QED) is 0.0136. The molecule has 0 aromatic heterocycles. The molecule has 9 amide bonds. The summed E-state index contributed by atoms with van der Waals surface area (Å²) >= 11 is 0. The molecule has 0 unspecified atom stereocenters. The third-order valence-corrected chi connectivity index (χ3v) is 30.5. The lowest BCUT2D eigenvalue weighted by atomic mass is 9.90. The van der Waals surface area contributed by atoms with Crippen LogP contribution in [0.4, 0.5) is 38.9 Å². The summed E-state index contributed by atoms with van der Waals surface area (Å²) in [4.78, 5) is 143. The number of nitrogens with two attached hydrogens (primary N) is 3. The van der Waals surface area contributed by atoms with Crippen molar-refractivity contribution in [3.8, 4) is 34.5 Å². The van der Waals surface area contributed by atoms with Crippen LogP contribution in [0, 0.1) is 25.7 Å². The Kier molecular flexibility index (Phi) is 31.7. The summed E-state index contributed by atoms with van der Waals surface area (Å²) in [5.74, 6) is 0.751. The molecule has 8 aromatic carbocycles. The van der Waals surface area contributed by atoms with Crippen molar-refractivity contribution >= 4 is 116 Å². The number of unbranched alkanes of at least 4 members (excludes halogenated alkanes) is 4. The lowest BCUT2D eigenvalue weighted by molar-refractivity contribution is -0.127. The van der Waals surface area contributed by atoms with E-state index < -0.39 is 46.2 Å². The number of hydrogen-bond acceptors (Lipinski definition) is 21. The number of hydrogen-bond donors (Lipinski definition) is 5. The average molecular weight is 1920 g/mol. The van der Waals surface area contributed by atoms with Gasteiger partial charge in [-0.1, -0.05) is 114 Å². The minimum absolute atomic E-state index is 0.00286. The molecule has 0 saturated heterocycles. The predicted octanol–water partition coefficient (Wildman–Crippen LogP) is 15.8. The molecule has 30 nitrogen and oxygen atoms in total. The number of Topliss-reactive ketones (excluding diaryl/α,β-unsaturated/α-hetero) is 1. The number of rotatable bonds is 38. The zero-order valence-corrected chi connectivity index (χ0v) is 83.4. The van der Waals surface area contributed by atoms with Crippen LogP contribution in [0.15, 0.2) is 143 Å². The standard InChI is InChI=1S/C53H62N8O8.C53H69N5O9Si2/c1-31(2)49(54)45(62)23-35(13-10-16-56-53(55)66)50(63)59-38-15-14-34-22-40-28-58-44-26-48(47(67-4)24-42(44)52(65)61(40)30-37(34)20-38)69-18-9-5-8-17-68-46-25-43-41(19-32(46)3)51(64)60-29-36-12-7-6-11-33(36)21-39(60)27-57-43;1-35-24-41-43(57(33-64-20-22-68(3,4)5)52(61)45-26-36-14-10-11-15-38(36)31-55(45)50(41)59)29-47(35)66-18-12-9-13-19-67-49-30-44-42(28-48(49)63-2)51(60)56-32-39-25-40(54)17-16-37(39)27-46(56)53(62)58(44)34-65-21-23-69(6,7)8/h6-7,11-12,14-15,19-20,24-28,31,35,39-40,49H,5,8-10,13,16-18,21-23,29-30,54H2,1-4H3,(H,59,63)(H3,55,56,66);10-11,14-17,24-25,28-30,45-46H,9,12-13,18-23,26-27,31-34,54H2,1-8H3/t35-,39+,40+,49+;45-,46-/m10/s1. The van der Waals surface area contributed by atoms with Gasteiger partial charge < -0.3 is 85.3 Å². The monoisotopic (exact) mass is 1910 g/mol. The summed E-state index contributed by atoms with van der Waals surface area (Å²) in [6.07, 6.45) is 11.1. The number of urea groups is 1. The molecule has 0 bridgehead atoms. The van der Waals surface area contributed by atoms with Gasteiger partial charge >= 0.3 is 6.03 Å². The summed E-state index contributed by atoms with van der Waals surface area (Å²) in [5.41, 5.74) is 32.5. The molecule has 0 fully saturated rings. The van der Waals surface area contributed by atoms with Crippen LogP contribution in [0.25, 0.3) is 0 Å². The number of carbonyl (C=O) groups excluding carboxylic acids is 9. The number of nitrogens with one attached hydrogen (secondary N) is 2. The molecule has 8 N–H and O–H groups in total. The number of aryl methyl sites for hydroxylation is 2. The molecule has 0 saturated carbocycles. The van der Waals surface area contributed by atoms with E-state index in [9.17, 15) is 43.2 Å². The van der Waals surface area contributed by atoms with Crippen LogP contribution in [-0.2, 0) is 80.5 Å². The fraction of sp³-hybridized carbons (Fsp3) is 0.443. The maximum atomic E-state index is 14.5. The zero-order chi connectivity index (χ0) is 98.0. The van der Waals surface area contributed by atoms with Crippen molar-refractivity contribution in [3.63, 3.8) is 0 Å². The van der Waals surface area contributed by atoms with E-state index in [-0.39, 0.29) is 105 Å². The Morgan fingerprint density at radius 3 is 1.41 bits per heavy atom. The van der Waals surface area contributed by atoms with Gasteiger partial charge in [0.2, 0.25) is 5.91 Å². The zero-order valence-electron chi connectivity index (χ0n) is 81.4. The maximum Gasteiger partial charge on any atom is 0.312 e. The van der Waals surface area contributed by atoms with E-state index in [4.69, 9.17) is 65.1 Å². The normalized spacial score (nSPS) is 17.7. The van der Waals surface area contributed by atoms with Crippen LogP contribution < -0.4 is 66.1 Å². The van der Waals surface area contributed by atoms with Crippen LogP contribution in [-0.4, -0.2) is 205 Å². The van der Waals surface area contributed by atoms with Crippen LogP contribution >= 0.6 is 0 Å². The maximum absolute atomic E-state index is 14.5. The van der Waals surface area contributed by atoms with Gasteiger partial charge in [-0.3, -0.25) is 58.1 Å². The first-order valence-corrected chi connectivity index (χ1v) is 55.7. The van der Waals surface area contributed by atoms with E-state index in [1.807, 2.05) is 136 Å². The molecule has 0 spiro atoms. The van der Waals surface area contributed by atoms with Gasteiger partial charge in [0, 0.05) is 135 Å². The van der Waals surface area contributed by atoms with Gasteiger partial charge in [-0.25, -0.2) is 4.79 Å². The number of carbonyl (C=O) groups is 9. The molecular weight excluding hydrogens is 1780 g/mol. The fourth-order valence-electron chi connectivity index (χ4n) is 18.8. The largest absolute Gasteiger partial charge is 0.493 e. The Hall–Kier alpha value is -12.8. The number of methoxy groups -OCH3 is 2. The lowest BCUT2D eigenvalue weighted by Crippen LogP contribution is -2.52. The summed E-state index contributed by atoms with van der Waals surface area (Å²) in [7, 11) is 0.292. The molecule has 8 aliphatic rings. The summed E-state index contributed by atoms with van der Waals surface area (Å²) in [6, 6.07) is 40.7. The Labute approximate surface area is 810 Å². The topological polar surface area (TPSA) is 374 Å². The molecule has 0 aliphatic carbocycles. The van der Waals surface area contributed by atoms with Gasteiger partial charge in [0.25, 0.3) is 35.4 Å². The molecule has 8 aliphatic heterocycles. The SMILES string of the molecule is COc1cc2c(cc1OCCCCCOc1cc3c(cc1C)C(=O)N1Cc4ccccc4C[C@H]1C(=O)N3COCC[Si](C)(C)C)N(COCC[Si](C)(C)C)C(=O)[C@@H]1Cc3ccc(N)cc3CN1C2=O.COc1cc2c(cc1OCCCCCOc1cc3c(cc1C)C(=O)N1Cc4ccccc4C[C@H]1C=N3)N=C[C@@H]1Cc3ccc(NC(=O)[C@H](CCCNC(N)=O)CC(=O)[C@@H](N)C(C)C)cc3CN1C2=O. The Bertz CT molecular complexity index is 5990. The molecule has 138 heavy (non-hydrogen) atoms. The number of ether oxygens (including phenoxy) is 8. The van der Waals surface area contributed by atoms with Crippen LogP contribution in [0.3, 0.4) is 0 Å². The molecule has 8 aromatic rings. The second-order valence-corrected chi connectivity index (χ2v) is 51.2. The van der Waals surface area contributed by atoms with Crippen molar-refractivity contribution in [1.29, 1.82) is 0 Å². The van der Waals surface area contributed by atoms with Crippen molar-refractivity contribution < 1.29 is 81.0 Å². The Morgan fingerprint density at radius 2 is 0.884 bits per heavy atom. The van der Waals surface area contributed by atoms with Gasteiger partial charge in [0.1, 0.15) is 37.0 Å². The molecule has 730 valence electrons. The third kappa shape index (κ3) is 23.5. The predicted molar refractivity (Wildman–Crippen MR) is 538 cm³/mol. The highest BCUT2D eigenvalue weighted by Gasteiger charge is 2.46. The average Bonchev–Trinajstić information content (AvgIpc) is 1.60. The second-order valence-electron chi connectivity index (χ2n) is 39.9. The molecule has 32 heteroatoms. The minimum atomic E-state index is -1.41. The minimum Gasteiger partial charge on any atom is -0.493 e. The number of anilines is 4. The van der Waals surface area contributed by atoms with Crippen LogP contribution in [0.2, 0.25) is 51.4 Å². The number of benzene rings is 8. The van der Waals surface area contributed by atoms with E-state index in [0.29, 0.717) is 189 Å². The highest BCUT2D eigenvalue weighted by Crippen LogP contribution is 2.45. The number of primary amides is 1. The first-order valence-electron chi connectivity index (χ1n) is 48.3. The van der Waals surface area contributed by atoms with E-state index in [2.05, 4.69) is 62.0 Å². The van der Waals surface area contributed by atoms with Crippen LogP contribution in [0.1, 0.15) is 169 Å². The molecule has 8 heterocycles. The highest BCUT2D eigenvalue weighted by molar-refractivity contribution is 6.76. The van der Waals surface area contributed by atoms with Gasteiger partial charge in [0.15, 0.2) is 28.8 Å². The summed E-state index contributed by atoms with van der Waals surface area (Å²) in [5, 5.41) is 5.51. The first-order chi connectivity index (χ1) is 66.2. The Balaban J connectivity index is 0.000000209. The highest BCUT2D eigenvalue weighted by atomic mass is 28.3. The van der Waals surface area contributed by atoms with E-state index in [0.717, 1.165) is 88.7 Å². The molecule has 0 radical (unpaired) electrons. The smallest absolute Gasteiger partial charge is 0.312 e. The molecule has 16 rings (SSSR count). The number of nitrogen functional groups attached to an aromatic ring is 1. The Morgan fingerprint density at radius 1 is 0.464 bits per heavy atom. The first kappa shape index (κ1) is 99.7. The van der Waals surface area contributed by atoms with E-state index in [1.54, 1.807) is 69.2 Å². The van der Waals surface area contributed by atoms with Crippen molar-refractivity contribution in [2.24, 2.45) is 33.3 Å². The van der Waals surface area contributed by atoms with E-state index >= 15 is 0 Å². The number of fused-ring (bicyclic) bond motifs is 12. The number of aliphatic imine (C=N–C) groups is 2. The van der Waals surface area contributed by atoms with Crippen molar-refractivity contribution in [2.45, 2.75) is 219 Å². The van der Waals surface area contributed by atoms with E-state index in [1.165, 1.54) is 11.1 Å². The van der Waals surface area contributed by atoms with Gasteiger partial charge in [-0.05, 0) is 200 Å². The fourth-order valence-corrected chi connectivity index (χ4v) is 20.4. The second kappa shape index (κ2) is 43.9. The van der Waals surface area contributed by atoms with Crippen molar-refractivity contribution in [3.05, 3.63) is 211 Å². The van der Waals surface area contributed by atoms with Gasteiger partial charge in [0.05, 0.1) is 104 Å². The number of amides is 9. The summed E-state index contributed by atoms with van der Waals surface area (Å²) in [6.45, 7) is 25.8. The lowest BCUT2D eigenvalue weighted by Gasteiger charge is -2.35. The van der Waals surface area contributed by atoms with Gasteiger partial charge in [-0.2, -0.15) is 0 Å². The molecular formula is C106H131N13O17Si2. The van der Waals surface area contributed by atoms with Crippen molar-refractivity contribution in [1.82, 2.24) is 24.9 Å².